The van der Waals surface area contributed by atoms with E-state index in [1.807, 2.05) is 18.2 Å². The molecule has 1 amide bonds. The minimum absolute atomic E-state index is 0.0549. The molecule has 27 heavy (non-hydrogen) atoms. The molecule has 2 aromatic rings. The lowest BCUT2D eigenvalue weighted by Crippen LogP contribution is -3.28. The smallest absolute Gasteiger partial charge is 0.279 e. The Morgan fingerprint density at radius 2 is 1.78 bits per heavy atom. The Balaban J connectivity index is 1.39. The number of piperazine rings is 1. The highest BCUT2D eigenvalue weighted by Crippen LogP contribution is 2.13. The summed E-state index contributed by atoms with van der Waals surface area (Å²) < 4.78 is 13.6. The second-order valence-corrected chi connectivity index (χ2v) is 7.21. The van der Waals surface area contributed by atoms with Crippen LogP contribution in [0.1, 0.15) is 11.1 Å². The summed E-state index contributed by atoms with van der Waals surface area (Å²) in [6.45, 7) is 7.22. The summed E-state index contributed by atoms with van der Waals surface area (Å²) in [7, 11) is 0. The Bertz CT molecular complexity index is 783. The number of benzene rings is 2. The van der Waals surface area contributed by atoms with E-state index in [2.05, 4.69) is 29.6 Å². The van der Waals surface area contributed by atoms with Crippen LogP contribution in [0.4, 0.5) is 10.1 Å². The van der Waals surface area contributed by atoms with Gasteiger partial charge in [0.1, 0.15) is 32.0 Å². The van der Waals surface area contributed by atoms with Crippen molar-refractivity contribution in [2.75, 3.05) is 44.6 Å². The summed E-state index contributed by atoms with van der Waals surface area (Å²) in [5.74, 6) is -0.346. The number of carbonyl (C=O) groups is 1. The highest BCUT2D eigenvalue weighted by atomic mass is 19.1. The predicted molar refractivity (Wildman–Crippen MR) is 106 cm³/mol. The fourth-order valence-corrected chi connectivity index (χ4v) is 3.37. The second kappa shape index (κ2) is 9.44. The van der Waals surface area contributed by atoms with Crippen LogP contribution in [0.5, 0.6) is 0 Å². The third-order valence-electron chi connectivity index (χ3n) is 5.05. The fraction of sp³-hybridized carbons (Fsp3) is 0.318. The average Bonchev–Trinajstić information content (AvgIpc) is 2.67. The minimum Gasteiger partial charge on any atom is -0.322 e. The molecule has 4 nitrogen and oxygen atoms in total. The molecule has 0 atom stereocenters. The Morgan fingerprint density at radius 1 is 1.07 bits per heavy atom. The first-order valence-corrected chi connectivity index (χ1v) is 9.55. The molecule has 0 radical (unpaired) electrons. The number of nitrogens with one attached hydrogen (secondary N) is 3. The van der Waals surface area contributed by atoms with Gasteiger partial charge in [-0.3, -0.25) is 4.79 Å². The number of aryl methyl sites for hydroxylation is 1. The number of rotatable bonds is 6. The van der Waals surface area contributed by atoms with Crippen molar-refractivity contribution in [2.24, 2.45) is 0 Å². The standard InChI is InChI=1S/C22H26FN3O/c1-18-9-10-20(16-21(18)23)24-22(27)17-26-14-12-25(13-15-26)11-5-8-19-6-3-2-4-7-19/h2-10,16H,11-15,17H2,1H3,(H,24,27)/p+2/b8-5+. The molecular formula is C22H28FN3O+2. The number of hydrogen-bond acceptors (Lipinski definition) is 1. The molecule has 0 bridgehead atoms. The van der Waals surface area contributed by atoms with Crippen LogP contribution in [-0.4, -0.2) is 45.2 Å². The normalized spacial score (nSPS) is 19.9. The van der Waals surface area contributed by atoms with Crippen molar-refractivity contribution in [3.05, 3.63) is 71.6 Å². The summed E-state index contributed by atoms with van der Waals surface area (Å²) >= 11 is 0. The van der Waals surface area contributed by atoms with E-state index in [0.29, 0.717) is 17.8 Å². The van der Waals surface area contributed by atoms with Crippen molar-refractivity contribution in [3.63, 3.8) is 0 Å². The summed E-state index contributed by atoms with van der Waals surface area (Å²) in [4.78, 5) is 15.1. The number of carbonyl (C=O) groups excluding carboxylic acids is 1. The number of anilines is 1. The Hall–Kier alpha value is -2.50. The average molecular weight is 369 g/mol. The lowest BCUT2D eigenvalue weighted by atomic mass is 10.2. The first kappa shape index (κ1) is 19.3. The van der Waals surface area contributed by atoms with Crippen molar-refractivity contribution in [1.29, 1.82) is 0 Å². The predicted octanol–water partition coefficient (Wildman–Crippen LogP) is 0.569. The van der Waals surface area contributed by atoms with Crippen LogP contribution in [0.15, 0.2) is 54.6 Å². The molecule has 1 saturated heterocycles. The topological polar surface area (TPSA) is 38.0 Å². The van der Waals surface area contributed by atoms with Crippen molar-refractivity contribution in [1.82, 2.24) is 0 Å². The maximum Gasteiger partial charge on any atom is 0.279 e. The van der Waals surface area contributed by atoms with Gasteiger partial charge in [0.25, 0.3) is 5.91 Å². The number of halogens is 1. The summed E-state index contributed by atoms with van der Waals surface area (Å²) in [6.07, 6.45) is 4.40. The lowest BCUT2D eigenvalue weighted by Gasteiger charge is -2.28. The molecule has 1 heterocycles. The zero-order valence-electron chi connectivity index (χ0n) is 15.8. The van der Waals surface area contributed by atoms with Crippen LogP contribution in [0, 0.1) is 12.7 Å². The van der Waals surface area contributed by atoms with E-state index in [1.54, 1.807) is 24.0 Å². The molecule has 1 fully saturated rings. The zero-order valence-corrected chi connectivity index (χ0v) is 15.8. The van der Waals surface area contributed by atoms with Crippen molar-refractivity contribution >= 4 is 17.7 Å². The number of hydrogen-bond donors (Lipinski definition) is 3. The van der Waals surface area contributed by atoms with Crippen LogP contribution in [-0.2, 0) is 4.79 Å². The van der Waals surface area contributed by atoms with Gasteiger partial charge >= 0.3 is 0 Å². The van der Waals surface area contributed by atoms with E-state index >= 15 is 0 Å². The van der Waals surface area contributed by atoms with Crippen LogP contribution < -0.4 is 15.1 Å². The van der Waals surface area contributed by atoms with Crippen molar-refractivity contribution in [3.8, 4) is 0 Å². The molecule has 3 N–H and O–H groups in total. The van der Waals surface area contributed by atoms with Gasteiger partial charge in [-0.05, 0) is 36.3 Å². The molecule has 1 aliphatic rings. The Labute approximate surface area is 160 Å². The van der Waals surface area contributed by atoms with E-state index < -0.39 is 0 Å². The highest BCUT2D eigenvalue weighted by Gasteiger charge is 2.24. The third kappa shape index (κ3) is 6.01. The van der Waals surface area contributed by atoms with E-state index in [4.69, 9.17) is 0 Å². The third-order valence-corrected chi connectivity index (χ3v) is 5.05. The Kier molecular flexibility index (Phi) is 6.74. The first-order valence-electron chi connectivity index (χ1n) is 9.55. The summed E-state index contributed by atoms with van der Waals surface area (Å²) in [5.41, 5.74) is 2.34. The molecule has 0 unspecified atom stereocenters. The van der Waals surface area contributed by atoms with Crippen LogP contribution in [0.25, 0.3) is 6.08 Å². The first-order chi connectivity index (χ1) is 13.1. The van der Waals surface area contributed by atoms with Crippen molar-refractivity contribution < 1.29 is 19.0 Å². The quantitative estimate of drug-likeness (QED) is 0.684. The molecular weight excluding hydrogens is 341 g/mol. The zero-order chi connectivity index (χ0) is 19.1. The van der Waals surface area contributed by atoms with Gasteiger partial charge in [-0.2, -0.15) is 0 Å². The minimum atomic E-state index is -0.291. The molecule has 0 spiro atoms. The van der Waals surface area contributed by atoms with Gasteiger partial charge < -0.3 is 15.1 Å². The second-order valence-electron chi connectivity index (χ2n) is 7.21. The Morgan fingerprint density at radius 3 is 2.48 bits per heavy atom. The lowest BCUT2D eigenvalue weighted by molar-refractivity contribution is -1.01. The van der Waals surface area contributed by atoms with Gasteiger partial charge in [0.05, 0.1) is 6.54 Å². The van der Waals surface area contributed by atoms with E-state index in [9.17, 15) is 9.18 Å². The summed E-state index contributed by atoms with van der Waals surface area (Å²) in [5, 5.41) is 2.80. The molecule has 5 heteroatoms. The molecule has 0 aliphatic carbocycles. The fourth-order valence-electron chi connectivity index (χ4n) is 3.37. The maximum atomic E-state index is 13.6. The van der Waals surface area contributed by atoms with Gasteiger partial charge in [-0.25, -0.2) is 4.39 Å². The molecule has 0 saturated carbocycles. The van der Waals surface area contributed by atoms with Gasteiger partial charge in [0.2, 0.25) is 0 Å². The number of quaternary nitrogens is 2. The van der Waals surface area contributed by atoms with Gasteiger partial charge in [0, 0.05) is 5.69 Å². The monoisotopic (exact) mass is 369 g/mol. The van der Waals surface area contributed by atoms with E-state index in [-0.39, 0.29) is 11.7 Å². The largest absolute Gasteiger partial charge is 0.322 e. The molecule has 1 aliphatic heterocycles. The molecule has 3 rings (SSSR count). The van der Waals surface area contributed by atoms with Gasteiger partial charge in [-0.15, -0.1) is 0 Å². The van der Waals surface area contributed by atoms with Gasteiger partial charge in [-0.1, -0.05) is 42.5 Å². The molecule has 142 valence electrons. The van der Waals surface area contributed by atoms with Crippen LogP contribution in [0.3, 0.4) is 0 Å². The summed E-state index contributed by atoms with van der Waals surface area (Å²) in [6, 6.07) is 15.1. The van der Waals surface area contributed by atoms with Crippen LogP contribution in [0.2, 0.25) is 0 Å². The molecule has 0 aromatic heterocycles. The highest BCUT2D eigenvalue weighted by molar-refractivity contribution is 5.91. The molecule has 2 aromatic carbocycles. The van der Waals surface area contributed by atoms with E-state index in [1.165, 1.54) is 16.5 Å². The number of amides is 1. The van der Waals surface area contributed by atoms with Crippen LogP contribution >= 0.6 is 0 Å². The van der Waals surface area contributed by atoms with E-state index in [0.717, 1.165) is 32.7 Å². The SMILES string of the molecule is Cc1ccc(NC(=O)C[NH+]2CC[NH+](C/C=C/c3ccccc3)CC2)cc1F. The van der Waals surface area contributed by atoms with Gasteiger partial charge in [0.15, 0.2) is 6.54 Å². The van der Waals surface area contributed by atoms with Crippen molar-refractivity contribution in [2.45, 2.75) is 6.92 Å². The maximum absolute atomic E-state index is 13.6.